The van der Waals surface area contributed by atoms with Crippen LogP contribution >= 0.6 is 23.2 Å². The molecule has 0 saturated carbocycles. The molecule has 3 aromatic rings. The van der Waals surface area contributed by atoms with Gasteiger partial charge in [0.05, 0.1) is 15.6 Å². The first-order valence-electron chi connectivity index (χ1n) is 8.21. The Balaban J connectivity index is 1.88. The van der Waals surface area contributed by atoms with Crippen LogP contribution in [0.25, 0.3) is 11.6 Å². The summed E-state index contributed by atoms with van der Waals surface area (Å²) in [5.41, 5.74) is 2.37. The van der Waals surface area contributed by atoms with E-state index < -0.39 is 5.97 Å². The standard InChI is InChI=1S/C22H16Cl2O3/c23-19-11-10-15(12-20(19)24)14-27-21-9-5-4-8-17(21)13-18(22(25)26)16-6-2-1-3-7-16/h1-13H,14H2,(H,25,26)/b18-13-. The van der Waals surface area contributed by atoms with Crippen LogP contribution < -0.4 is 4.74 Å². The van der Waals surface area contributed by atoms with E-state index in [1.54, 1.807) is 48.5 Å². The highest BCUT2D eigenvalue weighted by molar-refractivity contribution is 6.42. The van der Waals surface area contributed by atoms with Crippen molar-refractivity contribution in [2.75, 3.05) is 0 Å². The van der Waals surface area contributed by atoms with Crippen molar-refractivity contribution in [2.45, 2.75) is 6.61 Å². The van der Waals surface area contributed by atoms with E-state index in [1.807, 2.05) is 30.3 Å². The number of rotatable bonds is 6. The van der Waals surface area contributed by atoms with Crippen LogP contribution in [-0.4, -0.2) is 11.1 Å². The molecule has 3 nitrogen and oxygen atoms in total. The number of carbonyl (C=O) groups is 1. The van der Waals surface area contributed by atoms with Gasteiger partial charge in [0, 0.05) is 5.56 Å². The first-order valence-corrected chi connectivity index (χ1v) is 8.96. The normalized spacial score (nSPS) is 11.3. The number of ether oxygens (including phenoxy) is 1. The lowest BCUT2D eigenvalue weighted by molar-refractivity contribution is -0.130. The van der Waals surface area contributed by atoms with Gasteiger partial charge in [0.2, 0.25) is 0 Å². The Morgan fingerprint density at radius 2 is 1.63 bits per heavy atom. The Labute approximate surface area is 167 Å². The molecular formula is C22H16Cl2O3. The van der Waals surface area contributed by atoms with Gasteiger partial charge in [0.1, 0.15) is 12.4 Å². The van der Waals surface area contributed by atoms with Crippen molar-refractivity contribution < 1.29 is 14.6 Å². The highest BCUT2D eigenvalue weighted by Gasteiger charge is 2.12. The molecule has 0 aliphatic heterocycles. The van der Waals surface area contributed by atoms with Crippen LogP contribution in [0.15, 0.2) is 72.8 Å². The molecule has 0 bridgehead atoms. The Morgan fingerprint density at radius 3 is 2.33 bits per heavy atom. The fourth-order valence-corrected chi connectivity index (χ4v) is 2.88. The Morgan fingerprint density at radius 1 is 0.926 bits per heavy atom. The summed E-state index contributed by atoms with van der Waals surface area (Å²) in [6.07, 6.45) is 1.61. The zero-order valence-electron chi connectivity index (χ0n) is 14.2. The van der Waals surface area contributed by atoms with Crippen LogP contribution in [0.4, 0.5) is 0 Å². The summed E-state index contributed by atoms with van der Waals surface area (Å²) >= 11 is 12.0. The van der Waals surface area contributed by atoms with Crippen molar-refractivity contribution in [1.29, 1.82) is 0 Å². The van der Waals surface area contributed by atoms with Crippen LogP contribution in [0, 0.1) is 0 Å². The second-order valence-corrected chi connectivity index (χ2v) is 6.62. The van der Waals surface area contributed by atoms with E-state index in [-0.39, 0.29) is 12.2 Å². The molecule has 136 valence electrons. The number of hydrogen-bond donors (Lipinski definition) is 1. The average Bonchev–Trinajstić information content (AvgIpc) is 2.68. The van der Waals surface area contributed by atoms with Crippen LogP contribution in [-0.2, 0) is 11.4 Å². The van der Waals surface area contributed by atoms with Crippen LogP contribution in [0.5, 0.6) is 5.75 Å². The Kier molecular flexibility index (Phi) is 6.17. The van der Waals surface area contributed by atoms with E-state index in [0.29, 0.717) is 26.9 Å². The van der Waals surface area contributed by atoms with Gasteiger partial charge in [0.15, 0.2) is 0 Å². The minimum absolute atomic E-state index is 0.196. The van der Waals surface area contributed by atoms with Gasteiger partial charge in [-0.05, 0) is 35.4 Å². The molecule has 0 heterocycles. The van der Waals surface area contributed by atoms with Crippen LogP contribution in [0.3, 0.4) is 0 Å². The third kappa shape index (κ3) is 4.91. The minimum Gasteiger partial charge on any atom is -0.488 e. The first-order chi connectivity index (χ1) is 13.0. The fraction of sp³-hybridized carbons (Fsp3) is 0.0455. The van der Waals surface area contributed by atoms with E-state index in [4.69, 9.17) is 27.9 Å². The molecule has 0 aliphatic carbocycles. The van der Waals surface area contributed by atoms with Gasteiger partial charge in [0.25, 0.3) is 0 Å². The van der Waals surface area contributed by atoms with Crippen molar-refractivity contribution in [3.8, 4) is 5.75 Å². The summed E-state index contributed by atoms with van der Waals surface area (Å²) in [5.74, 6) is -0.418. The van der Waals surface area contributed by atoms with Crippen molar-refractivity contribution >= 4 is 40.8 Å². The average molecular weight is 399 g/mol. The minimum atomic E-state index is -1.000. The molecule has 3 rings (SSSR count). The van der Waals surface area contributed by atoms with Gasteiger partial charge in [-0.1, -0.05) is 77.8 Å². The maximum atomic E-state index is 11.7. The molecule has 0 fully saturated rings. The number of halogens is 2. The predicted octanol–water partition coefficient (Wildman–Crippen LogP) is 6.20. The van der Waals surface area contributed by atoms with Gasteiger partial charge >= 0.3 is 5.97 Å². The van der Waals surface area contributed by atoms with Crippen LogP contribution in [0.1, 0.15) is 16.7 Å². The number of benzene rings is 3. The highest BCUT2D eigenvalue weighted by Crippen LogP contribution is 2.27. The molecule has 27 heavy (non-hydrogen) atoms. The third-order valence-corrected chi connectivity index (χ3v) is 4.65. The maximum absolute atomic E-state index is 11.7. The molecule has 0 aromatic heterocycles. The van der Waals surface area contributed by atoms with Crippen molar-refractivity contribution in [2.24, 2.45) is 0 Å². The maximum Gasteiger partial charge on any atom is 0.336 e. The summed E-state index contributed by atoms with van der Waals surface area (Å²) in [7, 11) is 0. The summed E-state index contributed by atoms with van der Waals surface area (Å²) in [4.78, 5) is 11.7. The van der Waals surface area contributed by atoms with Crippen molar-refractivity contribution in [3.63, 3.8) is 0 Å². The van der Waals surface area contributed by atoms with E-state index in [9.17, 15) is 9.90 Å². The summed E-state index contributed by atoms with van der Waals surface area (Å²) in [5, 5.41) is 10.6. The zero-order valence-corrected chi connectivity index (χ0v) is 15.7. The Bertz CT molecular complexity index is 982. The number of hydrogen-bond acceptors (Lipinski definition) is 2. The number of carboxylic acids is 1. The fourth-order valence-electron chi connectivity index (χ4n) is 2.56. The zero-order chi connectivity index (χ0) is 19.2. The molecule has 0 amide bonds. The number of para-hydroxylation sites is 1. The van der Waals surface area contributed by atoms with Gasteiger partial charge < -0.3 is 9.84 Å². The predicted molar refractivity (Wildman–Crippen MR) is 109 cm³/mol. The molecular weight excluding hydrogens is 383 g/mol. The molecule has 5 heteroatoms. The lowest BCUT2D eigenvalue weighted by atomic mass is 10.0. The largest absolute Gasteiger partial charge is 0.488 e. The first kappa shape index (κ1) is 19.0. The molecule has 0 unspecified atom stereocenters. The summed E-state index contributed by atoms with van der Waals surface area (Å²) < 4.78 is 5.90. The lowest BCUT2D eigenvalue weighted by Crippen LogP contribution is -2.01. The van der Waals surface area contributed by atoms with Crippen molar-refractivity contribution in [1.82, 2.24) is 0 Å². The van der Waals surface area contributed by atoms with Gasteiger partial charge in [-0.3, -0.25) is 0 Å². The van der Waals surface area contributed by atoms with Gasteiger partial charge in [-0.25, -0.2) is 4.79 Å². The smallest absolute Gasteiger partial charge is 0.336 e. The topological polar surface area (TPSA) is 46.5 Å². The van der Waals surface area contributed by atoms with Crippen LogP contribution in [0.2, 0.25) is 10.0 Å². The monoisotopic (exact) mass is 398 g/mol. The van der Waals surface area contributed by atoms with E-state index in [2.05, 4.69) is 0 Å². The van der Waals surface area contributed by atoms with Gasteiger partial charge in [-0.2, -0.15) is 0 Å². The molecule has 0 saturated heterocycles. The number of aliphatic carboxylic acids is 1. The second-order valence-electron chi connectivity index (χ2n) is 5.80. The highest BCUT2D eigenvalue weighted by atomic mass is 35.5. The Hall–Kier alpha value is -2.75. The summed E-state index contributed by atoms with van der Waals surface area (Å²) in [6, 6.07) is 21.6. The third-order valence-electron chi connectivity index (χ3n) is 3.91. The van der Waals surface area contributed by atoms with E-state index >= 15 is 0 Å². The molecule has 0 aliphatic rings. The quantitative estimate of drug-likeness (QED) is 0.397. The number of carboxylic acid groups (broad SMARTS) is 1. The SMILES string of the molecule is O=C(O)/C(=C\c1ccccc1OCc1ccc(Cl)c(Cl)c1)c1ccccc1. The molecule has 0 spiro atoms. The van der Waals surface area contributed by atoms with Crippen molar-refractivity contribution in [3.05, 3.63) is 99.5 Å². The summed E-state index contributed by atoms with van der Waals surface area (Å²) in [6.45, 7) is 0.287. The molecule has 3 aromatic carbocycles. The lowest BCUT2D eigenvalue weighted by Gasteiger charge is -2.11. The van der Waals surface area contributed by atoms with Gasteiger partial charge in [-0.15, -0.1) is 0 Å². The molecule has 0 atom stereocenters. The molecule has 1 N–H and O–H groups in total. The van der Waals surface area contributed by atoms with E-state index in [0.717, 1.165) is 5.56 Å². The molecule has 0 radical (unpaired) electrons. The second kappa shape index (κ2) is 8.76. The van der Waals surface area contributed by atoms with E-state index in [1.165, 1.54) is 0 Å².